The second kappa shape index (κ2) is 10.6. The van der Waals surface area contributed by atoms with Crippen LogP contribution in [0.25, 0.3) is 0 Å². The van der Waals surface area contributed by atoms with E-state index in [2.05, 4.69) is 46.7 Å². The van der Waals surface area contributed by atoms with Crippen LogP contribution < -0.4 is 15.5 Å². The summed E-state index contributed by atoms with van der Waals surface area (Å²) in [5.41, 5.74) is 4.82. The maximum Gasteiger partial charge on any atom is 0.253 e. The average Bonchev–Trinajstić information content (AvgIpc) is 3.34. The SMILES string of the molecule is CCCCC(=O)Nc1ccc(N2CCc3ccccc3C2)c(C(=O)NCC2CCCO2)c1. The van der Waals surface area contributed by atoms with Crippen LogP contribution in [0.3, 0.4) is 0 Å². The van der Waals surface area contributed by atoms with Gasteiger partial charge in [-0.3, -0.25) is 9.59 Å². The number of carbonyl (C=O) groups excluding carboxylic acids is 2. The van der Waals surface area contributed by atoms with Crippen LogP contribution in [0.2, 0.25) is 0 Å². The molecular formula is C26H33N3O3. The molecule has 0 saturated carbocycles. The molecule has 1 fully saturated rings. The predicted octanol–water partition coefficient (Wildman–Crippen LogP) is 4.29. The van der Waals surface area contributed by atoms with Gasteiger partial charge in [0.15, 0.2) is 0 Å². The maximum absolute atomic E-state index is 13.2. The number of hydrogen-bond acceptors (Lipinski definition) is 4. The Morgan fingerprint density at radius 3 is 2.78 bits per heavy atom. The minimum Gasteiger partial charge on any atom is -0.376 e. The van der Waals surface area contributed by atoms with Gasteiger partial charge in [0.25, 0.3) is 5.91 Å². The van der Waals surface area contributed by atoms with Crippen LogP contribution in [0.1, 0.15) is 60.5 Å². The number of hydrogen-bond donors (Lipinski definition) is 2. The van der Waals surface area contributed by atoms with Crippen LogP contribution in [-0.4, -0.2) is 37.6 Å². The minimum absolute atomic E-state index is 0.0165. The van der Waals surface area contributed by atoms with Gasteiger partial charge in [-0.05, 0) is 55.0 Å². The van der Waals surface area contributed by atoms with Gasteiger partial charge in [0.05, 0.1) is 11.7 Å². The molecular weight excluding hydrogens is 402 g/mol. The van der Waals surface area contributed by atoms with Crippen LogP contribution in [-0.2, 0) is 22.5 Å². The van der Waals surface area contributed by atoms with E-state index in [0.29, 0.717) is 24.2 Å². The number of nitrogens with one attached hydrogen (secondary N) is 2. The number of benzene rings is 2. The Kier molecular flexibility index (Phi) is 7.43. The van der Waals surface area contributed by atoms with Crippen molar-refractivity contribution in [2.24, 2.45) is 0 Å². The Morgan fingerprint density at radius 1 is 1.16 bits per heavy atom. The first-order chi connectivity index (χ1) is 15.6. The van der Waals surface area contributed by atoms with E-state index >= 15 is 0 Å². The average molecular weight is 436 g/mol. The molecule has 2 heterocycles. The highest BCUT2D eigenvalue weighted by molar-refractivity contribution is 6.02. The van der Waals surface area contributed by atoms with Crippen molar-refractivity contribution in [1.29, 1.82) is 0 Å². The second-order valence-corrected chi connectivity index (χ2v) is 8.67. The molecule has 4 rings (SSSR count). The number of unbranched alkanes of at least 4 members (excludes halogenated alkanes) is 1. The Hall–Kier alpha value is -2.86. The van der Waals surface area contributed by atoms with Crippen molar-refractivity contribution in [3.63, 3.8) is 0 Å². The first-order valence-electron chi connectivity index (χ1n) is 11.8. The van der Waals surface area contributed by atoms with Crippen molar-refractivity contribution in [1.82, 2.24) is 5.32 Å². The second-order valence-electron chi connectivity index (χ2n) is 8.67. The lowest BCUT2D eigenvalue weighted by Gasteiger charge is -2.32. The predicted molar refractivity (Wildman–Crippen MR) is 127 cm³/mol. The number of rotatable bonds is 8. The van der Waals surface area contributed by atoms with E-state index in [-0.39, 0.29) is 17.9 Å². The first-order valence-corrected chi connectivity index (χ1v) is 11.8. The van der Waals surface area contributed by atoms with E-state index in [0.717, 1.165) is 57.5 Å². The molecule has 0 spiro atoms. The van der Waals surface area contributed by atoms with Crippen molar-refractivity contribution >= 4 is 23.2 Å². The van der Waals surface area contributed by atoms with Crippen molar-refractivity contribution in [3.05, 3.63) is 59.2 Å². The first kappa shape index (κ1) is 22.3. The van der Waals surface area contributed by atoms with Gasteiger partial charge in [-0.1, -0.05) is 37.6 Å². The van der Waals surface area contributed by atoms with Crippen LogP contribution in [0.5, 0.6) is 0 Å². The number of amides is 2. The molecule has 1 unspecified atom stereocenters. The third kappa shape index (κ3) is 5.49. The fraction of sp³-hybridized carbons (Fsp3) is 0.462. The largest absolute Gasteiger partial charge is 0.376 e. The van der Waals surface area contributed by atoms with Crippen molar-refractivity contribution in [3.8, 4) is 0 Å². The summed E-state index contributed by atoms with van der Waals surface area (Å²) in [6, 6.07) is 14.1. The Bertz CT molecular complexity index is 953. The zero-order chi connectivity index (χ0) is 22.3. The minimum atomic E-state index is -0.126. The molecule has 0 aliphatic carbocycles. The van der Waals surface area contributed by atoms with Gasteiger partial charge in [-0.15, -0.1) is 0 Å². The van der Waals surface area contributed by atoms with E-state index in [1.54, 1.807) is 0 Å². The van der Waals surface area contributed by atoms with Gasteiger partial charge in [-0.25, -0.2) is 0 Å². The van der Waals surface area contributed by atoms with Crippen LogP contribution in [0, 0.1) is 0 Å². The van der Waals surface area contributed by atoms with Crippen molar-refractivity contribution < 1.29 is 14.3 Å². The highest BCUT2D eigenvalue weighted by atomic mass is 16.5. The molecule has 2 N–H and O–H groups in total. The summed E-state index contributed by atoms with van der Waals surface area (Å²) in [5, 5.41) is 6.00. The molecule has 2 aliphatic heterocycles. The van der Waals surface area contributed by atoms with Crippen LogP contribution in [0.4, 0.5) is 11.4 Å². The van der Waals surface area contributed by atoms with Gasteiger partial charge in [-0.2, -0.15) is 0 Å². The summed E-state index contributed by atoms with van der Waals surface area (Å²) < 4.78 is 5.66. The molecule has 32 heavy (non-hydrogen) atoms. The van der Waals surface area contributed by atoms with E-state index in [9.17, 15) is 9.59 Å². The molecule has 0 bridgehead atoms. The van der Waals surface area contributed by atoms with Crippen molar-refractivity contribution in [2.75, 3.05) is 29.9 Å². The van der Waals surface area contributed by atoms with E-state index in [1.165, 1.54) is 11.1 Å². The number of fused-ring (bicyclic) bond motifs is 1. The number of carbonyl (C=O) groups is 2. The topological polar surface area (TPSA) is 70.7 Å². The molecule has 1 atom stereocenters. The summed E-state index contributed by atoms with van der Waals surface area (Å²) in [7, 11) is 0. The monoisotopic (exact) mass is 435 g/mol. The third-order valence-electron chi connectivity index (χ3n) is 6.27. The summed E-state index contributed by atoms with van der Waals surface area (Å²) in [6.07, 6.45) is 5.36. The normalized spacial score (nSPS) is 17.7. The highest BCUT2D eigenvalue weighted by Gasteiger charge is 2.23. The quantitative estimate of drug-likeness (QED) is 0.649. The van der Waals surface area contributed by atoms with Gasteiger partial charge in [0, 0.05) is 44.0 Å². The van der Waals surface area contributed by atoms with Gasteiger partial charge in [0.2, 0.25) is 5.91 Å². The van der Waals surface area contributed by atoms with Gasteiger partial charge in [0.1, 0.15) is 0 Å². The third-order valence-corrected chi connectivity index (χ3v) is 6.27. The summed E-state index contributed by atoms with van der Waals surface area (Å²) in [5.74, 6) is -0.142. The molecule has 0 radical (unpaired) electrons. The maximum atomic E-state index is 13.2. The lowest BCUT2D eigenvalue weighted by atomic mass is 9.98. The summed E-state index contributed by atoms with van der Waals surface area (Å²) in [6.45, 7) is 4.96. The molecule has 0 aromatic heterocycles. The van der Waals surface area contributed by atoms with Gasteiger partial charge >= 0.3 is 0 Å². The molecule has 2 aromatic rings. The summed E-state index contributed by atoms with van der Waals surface area (Å²) >= 11 is 0. The van der Waals surface area contributed by atoms with Crippen LogP contribution in [0.15, 0.2) is 42.5 Å². The molecule has 170 valence electrons. The lowest BCUT2D eigenvalue weighted by Crippen LogP contribution is -2.35. The lowest BCUT2D eigenvalue weighted by molar-refractivity contribution is -0.116. The molecule has 2 aromatic carbocycles. The molecule has 2 amide bonds. The smallest absolute Gasteiger partial charge is 0.253 e. The summed E-state index contributed by atoms with van der Waals surface area (Å²) in [4.78, 5) is 27.7. The number of anilines is 2. The zero-order valence-corrected chi connectivity index (χ0v) is 18.9. The van der Waals surface area contributed by atoms with Crippen LogP contribution >= 0.6 is 0 Å². The number of ether oxygens (including phenoxy) is 1. The van der Waals surface area contributed by atoms with E-state index in [1.807, 2.05) is 18.2 Å². The van der Waals surface area contributed by atoms with Crippen molar-refractivity contribution in [2.45, 2.75) is 58.1 Å². The Balaban J connectivity index is 1.55. The fourth-order valence-corrected chi connectivity index (χ4v) is 4.44. The standard InChI is InChI=1S/C26H33N3O3/c1-2-3-10-25(30)28-21-11-12-24(29-14-13-19-7-4-5-8-20(19)18-29)23(16-21)26(31)27-17-22-9-6-15-32-22/h4-5,7-8,11-12,16,22H,2-3,6,9-10,13-15,17-18H2,1H3,(H,27,31)(H,28,30). The molecule has 6 heteroatoms. The van der Waals surface area contributed by atoms with E-state index < -0.39 is 0 Å². The van der Waals surface area contributed by atoms with Gasteiger partial charge < -0.3 is 20.3 Å². The highest BCUT2D eigenvalue weighted by Crippen LogP contribution is 2.30. The number of nitrogens with zero attached hydrogens (tertiary/aromatic N) is 1. The Morgan fingerprint density at radius 2 is 2.00 bits per heavy atom. The molecule has 6 nitrogen and oxygen atoms in total. The zero-order valence-electron chi connectivity index (χ0n) is 18.9. The fourth-order valence-electron chi connectivity index (χ4n) is 4.44. The molecule has 2 aliphatic rings. The van der Waals surface area contributed by atoms with E-state index in [4.69, 9.17) is 4.74 Å². The Labute approximate surface area is 190 Å². The molecule has 1 saturated heterocycles.